The van der Waals surface area contributed by atoms with Crippen LogP contribution in [-0.4, -0.2) is 40.1 Å². The molecule has 0 amide bonds. The molecule has 1 aromatic carbocycles. The van der Waals surface area contributed by atoms with E-state index in [2.05, 4.69) is 0 Å². The monoisotopic (exact) mass is 456 g/mol. The van der Waals surface area contributed by atoms with Crippen LogP contribution in [0.3, 0.4) is 0 Å². The molecule has 4 atom stereocenters. The maximum atomic E-state index is 10.9. The van der Waals surface area contributed by atoms with E-state index < -0.39 is 18.2 Å². The highest BCUT2D eigenvalue weighted by Crippen LogP contribution is 2.34. The first-order chi connectivity index (χ1) is 13.8. The van der Waals surface area contributed by atoms with E-state index in [-0.39, 0.29) is 29.9 Å². The third-order valence-corrected chi connectivity index (χ3v) is 6.46. The second-order valence-electron chi connectivity index (χ2n) is 7.11. The highest BCUT2D eigenvalue weighted by atomic mass is 35.5. The van der Waals surface area contributed by atoms with Gasteiger partial charge in [0.25, 0.3) is 0 Å². The average Bonchev–Trinajstić information content (AvgIpc) is 3.20. The van der Waals surface area contributed by atoms with Gasteiger partial charge < -0.3 is 20.1 Å². The first-order valence-corrected chi connectivity index (χ1v) is 10.8. The van der Waals surface area contributed by atoms with E-state index in [0.29, 0.717) is 22.9 Å². The van der Waals surface area contributed by atoms with Crippen molar-refractivity contribution in [3.05, 3.63) is 67.8 Å². The van der Waals surface area contributed by atoms with Gasteiger partial charge in [-0.3, -0.25) is 0 Å². The number of rotatable bonds is 8. The molecule has 0 unspecified atom stereocenters. The highest BCUT2D eigenvalue weighted by molar-refractivity contribution is 7.13. The van der Waals surface area contributed by atoms with Crippen molar-refractivity contribution < 1.29 is 24.9 Å². The first-order valence-electron chi connectivity index (χ1n) is 9.21. The van der Waals surface area contributed by atoms with Gasteiger partial charge in [-0.1, -0.05) is 35.4 Å². The van der Waals surface area contributed by atoms with Crippen molar-refractivity contribution in [3.63, 3.8) is 0 Å². The van der Waals surface area contributed by atoms with Crippen molar-refractivity contribution in [2.75, 3.05) is 6.61 Å². The summed E-state index contributed by atoms with van der Waals surface area (Å²) in [4.78, 5) is 12.0. The minimum atomic E-state index is -0.957. The van der Waals surface area contributed by atoms with Gasteiger partial charge in [-0.15, -0.1) is 11.3 Å². The quantitative estimate of drug-likeness (QED) is 0.511. The summed E-state index contributed by atoms with van der Waals surface area (Å²) in [6.45, 7) is 0.547. The highest BCUT2D eigenvalue weighted by Gasteiger charge is 2.40. The molecule has 8 heteroatoms. The van der Waals surface area contributed by atoms with Crippen molar-refractivity contribution >= 4 is 40.5 Å². The third-order valence-electron chi connectivity index (χ3n) is 4.98. The summed E-state index contributed by atoms with van der Waals surface area (Å²) in [6.07, 6.45) is 3.47. The molecule has 3 N–H and O–H groups in total. The smallest absolute Gasteiger partial charge is 0.345 e. The van der Waals surface area contributed by atoms with Crippen LogP contribution in [-0.2, 0) is 17.8 Å². The number of carbonyl (C=O) groups is 1. The Balaban J connectivity index is 1.57. The predicted octanol–water partition coefficient (Wildman–Crippen LogP) is 4.43. The van der Waals surface area contributed by atoms with Gasteiger partial charge in [-0.05, 0) is 42.3 Å². The molecular weight excluding hydrogens is 435 g/mol. The van der Waals surface area contributed by atoms with Gasteiger partial charge >= 0.3 is 5.97 Å². The second kappa shape index (κ2) is 10.1. The topological polar surface area (TPSA) is 87.0 Å². The molecular formula is C21H22Cl2O5S. The fourth-order valence-electron chi connectivity index (χ4n) is 3.57. The zero-order chi connectivity index (χ0) is 21.0. The number of carboxylic acids is 1. The summed E-state index contributed by atoms with van der Waals surface area (Å²) in [5.74, 6) is -1.41. The number of carboxylic acid groups (broad SMARTS) is 1. The molecule has 0 bridgehead atoms. The minimum Gasteiger partial charge on any atom is -0.477 e. The number of aliphatic hydroxyl groups is 2. The van der Waals surface area contributed by atoms with Gasteiger partial charge in [0.2, 0.25) is 0 Å². The molecule has 1 aliphatic rings. The van der Waals surface area contributed by atoms with Crippen LogP contribution in [0.5, 0.6) is 0 Å². The summed E-state index contributed by atoms with van der Waals surface area (Å²) in [5.41, 5.74) is 0.964. The number of benzene rings is 1. The minimum absolute atomic E-state index is 0.224. The van der Waals surface area contributed by atoms with Crippen LogP contribution in [0.2, 0.25) is 10.0 Å². The molecule has 29 heavy (non-hydrogen) atoms. The van der Waals surface area contributed by atoms with E-state index in [0.717, 1.165) is 10.4 Å². The van der Waals surface area contributed by atoms with E-state index in [9.17, 15) is 15.0 Å². The molecule has 1 aliphatic carbocycles. The first kappa shape index (κ1) is 22.3. The number of allylic oxidation sites excluding steroid dienone is 1. The normalized spacial score (nSPS) is 24.4. The summed E-state index contributed by atoms with van der Waals surface area (Å²) in [7, 11) is 0. The van der Waals surface area contributed by atoms with Gasteiger partial charge in [0.05, 0.1) is 25.4 Å². The molecule has 3 rings (SSSR count). The van der Waals surface area contributed by atoms with Gasteiger partial charge in [-0.2, -0.15) is 0 Å². The van der Waals surface area contributed by atoms with Crippen molar-refractivity contribution in [1.29, 1.82) is 0 Å². The van der Waals surface area contributed by atoms with Crippen LogP contribution >= 0.6 is 34.5 Å². The Labute approximate surface area is 183 Å². The Morgan fingerprint density at radius 3 is 2.55 bits per heavy atom. The van der Waals surface area contributed by atoms with Gasteiger partial charge in [-0.25, -0.2) is 4.79 Å². The molecule has 1 aromatic heterocycles. The largest absolute Gasteiger partial charge is 0.477 e. The van der Waals surface area contributed by atoms with Crippen LogP contribution in [0, 0.1) is 11.8 Å². The van der Waals surface area contributed by atoms with E-state index in [1.807, 2.05) is 24.3 Å². The zero-order valence-electron chi connectivity index (χ0n) is 15.5. The lowest BCUT2D eigenvalue weighted by molar-refractivity contribution is 0.0267. The molecule has 0 spiro atoms. The molecule has 0 aliphatic heterocycles. The van der Waals surface area contributed by atoms with Crippen molar-refractivity contribution in [3.8, 4) is 0 Å². The van der Waals surface area contributed by atoms with E-state index >= 15 is 0 Å². The number of ether oxygens (including phenoxy) is 1. The van der Waals surface area contributed by atoms with Crippen LogP contribution in [0.25, 0.3) is 0 Å². The SMILES string of the molecule is O=C(O)c1ccc(COC[C@@H]2[C@@H](C=CCc3cc(Cl)cc(Cl)c3)[C@H](O)C[C@H]2O)s1. The maximum absolute atomic E-state index is 10.9. The van der Waals surface area contributed by atoms with Crippen molar-refractivity contribution in [2.24, 2.45) is 11.8 Å². The van der Waals surface area contributed by atoms with E-state index in [4.69, 9.17) is 33.0 Å². The molecule has 0 saturated heterocycles. The average molecular weight is 457 g/mol. The van der Waals surface area contributed by atoms with Crippen LogP contribution in [0.15, 0.2) is 42.5 Å². The molecule has 156 valence electrons. The van der Waals surface area contributed by atoms with Crippen LogP contribution in [0.1, 0.15) is 26.5 Å². The summed E-state index contributed by atoms with van der Waals surface area (Å²) >= 11 is 13.2. The molecule has 0 radical (unpaired) electrons. The Morgan fingerprint density at radius 2 is 1.90 bits per heavy atom. The van der Waals surface area contributed by atoms with Gasteiger partial charge in [0.1, 0.15) is 4.88 Å². The molecule has 2 aromatic rings. The third kappa shape index (κ3) is 6.04. The lowest BCUT2D eigenvalue weighted by Crippen LogP contribution is -2.25. The second-order valence-corrected chi connectivity index (χ2v) is 9.15. The number of hydrogen-bond acceptors (Lipinski definition) is 5. The van der Waals surface area contributed by atoms with Gasteiger partial charge in [0.15, 0.2) is 0 Å². The molecule has 1 fully saturated rings. The lowest BCUT2D eigenvalue weighted by atomic mass is 9.93. The van der Waals surface area contributed by atoms with E-state index in [1.165, 1.54) is 11.3 Å². The molecule has 1 saturated carbocycles. The Bertz CT molecular complexity index is 861. The Morgan fingerprint density at radius 1 is 1.17 bits per heavy atom. The molecule has 5 nitrogen and oxygen atoms in total. The standard InChI is InChI=1S/C21H22Cl2O5S/c22-13-6-12(7-14(23)8-13)2-1-3-16-17(19(25)9-18(16)24)11-28-10-15-4-5-20(29-15)21(26)27/h1,3-8,16-19,24-25H,2,9-11H2,(H,26,27)/t16-,17-,18-,19-/m1/s1. The summed E-state index contributed by atoms with van der Waals surface area (Å²) in [6, 6.07) is 8.62. The number of thiophene rings is 1. The lowest BCUT2D eigenvalue weighted by Gasteiger charge is -2.20. The number of halogens is 2. The number of aromatic carboxylic acids is 1. The van der Waals surface area contributed by atoms with Crippen molar-refractivity contribution in [2.45, 2.75) is 31.7 Å². The van der Waals surface area contributed by atoms with Crippen molar-refractivity contribution in [1.82, 2.24) is 0 Å². The fraction of sp³-hybridized carbons (Fsp3) is 0.381. The zero-order valence-corrected chi connectivity index (χ0v) is 17.8. The van der Waals surface area contributed by atoms with Gasteiger partial charge in [0, 0.05) is 33.2 Å². The number of aliphatic hydroxyl groups excluding tert-OH is 2. The summed E-state index contributed by atoms with van der Waals surface area (Å²) < 4.78 is 5.72. The van der Waals surface area contributed by atoms with Crippen LogP contribution < -0.4 is 0 Å². The fourth-order valence-corrected chi connectivity index (χ4v) is 4.93. The Kier molecular flexibility index (Phi) is 7.73. The predicted molar refractivity (Wildman–Crippen MR) is 114 cm³/mol. The van der Waals surface area contributed by atoms with E-state index in [1.54, 1.807) is 18.2 Å². The Hall–Kier alpha value is -1.41. The maximum Gasteiger partial charge on any atom is 0.345 e. The molecule has 1 heterocycles. The van der Waals surface area contributed by atoms with Crippen LogP contribution in [0.4, 0.5) is 0 Å². The summed E-state index contributed by atoms with van der Waals surface area (Å²) in [5, 5.41) is 30.8. The number of hydrogen-bond donors (Lipinski definition) is 3.